The van der Waals surface area contributed by atoms with Gasteiger partial charge in [0, 0.05) is 31.9 Å². The number of nitrogens with zero attached hydrogens (tertiary/aromatic N) is 4. The summed E-state index contributed by atoms with van der Waals surface area (Å²) >= 11 is 0. The van der Waals surface area contributed by atoms with Crippen LogP contribution in [-0.4, -0.2) is 77.8 Å². The third-order valence-electron chi connectivity index (χ3n) is 5.53. The summed E-state index contributed by atoms with van der Waals surface area (Å²) in [7, 11) is -2.95. The Morgan fingerprint density at radius 3 is 2.80 bits per heavy atom. The highest BCUT2D eigenvalue weighted by Gasteiger charge is 2.31. The molecule has 3 aliphatic heterocycles. The van der Waals surface area contributed by atoms with Gasteiger partial charge in [0.2, 0.25) is 0 Å². The number of sulfone groups is 1. The molecule has 4 rings (SSSR count). The van der Waals surface area contributed by atoms with E-state index in [1.807, 2.05) is 4.90 Å². The van der Waals surface area contributed by atoms with Crippen LogP contribution in [0.25, 0.3) is 0 Å². The van der Waals surface area contributed by atoms with E-state index >= 15 is 0 Å². The molecule has 0 spiro atoms. The van der Waals surface area contributed by atoms with E-state index in [0.29, 0.717) is 18.2 Å². The average Bonchev–Trinajstić information content (AvgIpc) is 3.25. The molecular formula is C16H25N5O3S. The number of rotatable bonds is 2. The number of carbonyl (C=O) groups is 1. The molecule has 0 aliphatic carbocycles. The van der Waals surface area contributed by atoms with Crippen LogP contribution in [0, 0.1) is 0 Å². The van der Waals surface area contributed by atoms with Gasteiger partial charge in [-0.2, -0.15) is 5.10 Å². The SMILES string of the molecule is O=C(Nc1cnn(C2CCS(=O)(=O)C2)c1)N1CCCN2CCCC2C1. The Hall–Kier alpha value is -1.61. The predicted octanol–water partition coefficient (Wildman–Crippen LogP) is 0.945. The number of hydrogen-bond acceptors (Lipinski definition) is 5. The molecule has 3 aliphatic rings. The Morgan fingerprint density at radius 2 is 2.00 bits per heavy atom. The predicted molar refractivity (Wildman–Crippen MR) is 94.3 cm³/mol. The number of urea groups is 1. The van der Waals surface area contributed by atoms with Gasteiger partial charge in [0.05, 0.1) is 29.4 Å². The number of aromatic nitrogens is 2. The number of fused-ring (bicyclic) bond motifs is 1. The third kappa shape index (κ3) is 3.67. The highest BCUT2D eigenvalue weighted by atomic mass is 32.2. The maximum absolute atomic E-state index is 12.6. The number of nitrogens with one attached hydrogen (secondary N) is 1. The zero-order valence-electron chi connectivity index (χ0n) is 14.3. The van der Waals surface area contributed by atoms with Gasteiger partial charge in [0.25, 0.3) is 0 Å². The molecule has 3 saturated heterocycles. The first-order valence-corrected chi connectivity index (χ1v) is 10.9. The van der Waals surface area contributed by atoms with Gasteiger partial charge in [-0.3, -0.25) is 9.58 Å². The summed E-state index contributed by atoms with van der Waals surface area (Å²) in [6.07, 6.45) is 7.31. The first-order valence-electron chi connectivity index (χ1n) is 9.05. The highest BCUT2D eigenvalue weighted by molar-refractivity contribution is 7.91. The Labute approximate surface area is 148 Å². The summed E-state index contributed by atoms with van der Waals surface area (Å²) in [5.74, 6) is 0.344. The summed E-state index contributed by atoms with van der Waals surface area (Å²) in [5.41, 5.74) is 0.627. The second-order valence-electron chi connectivity index (χ2n) is 7.33. The molecule has 0 bridgehead atoms. The number of hydrogen-bond donors (Lipinski definition) is 1. The second-order valence-corrected chi connectivity index (χ2v) is 9.56. The Morgan fingerprint density at radius 1 is 1.16 bits per heavy atom. The largest absolute Gasteiger partial charge is 0.323 e. The molecule has 1 N–H and O–H groups in total. The zero-order valence-corrected chi connectivity index (χ0v) is 15.1. The summed E-state index contributed by atoms with van der Waals surface area (Å²) in [4.78, 5) is 17.0. The lowest BCUT2D eigenvalue weighted by molar-refractivity contribution is 0.200. The quantitative estimate of drug-likeness (QED) is 0.841. The lowest BCUT2D eigenvalue weighted by atomic mass is 10.2. The van der Waals surface area contributed by atoms with E-state index in [0.717, 1.165) is 39.0 Å². The molecule has 3 fully saturated rings. The first-order chi connectivity index (χ1) is 12.0. The molecule has 1 aromatic rings. The van der Waals surface area contributed by atoms with Crippen LogP contribution in [0.2, 0.25) is 0 Å². The molecular weight excluding hydrogens is 342 g/mol. The number of anilines is 1. The van der Waals surface area contributed by atoms with Gasteiger partial charge in [-0.05, 0) is 32.2 Å². The number of carbonyl (C=O) groups excluding carboxylic acids is 1. The van der Waals surface area contributed by atoms with Crippen molar-refractivity contribution in [1.29, 1.82) is 0 Å². The van der Waals surface area contributed by atoms with E-state index in [2.05, 4.69) is 15.3 Å². The van der Waals surface area contributed by atoms with Crippen molar-refractivity contribution in [1.82, 2.24) is 19.6 Å². The van der Waals surface area contributed by atoms with Crippen molar-refractivity contribution in [3.05, 3.63) is 12.4 Å². The molecule has 0 radical (unpaired) electrons. The van der Waals surface area contributed by atoms with Crippen molar-refractivity contribution in [2.75, 3.05) is 43.0 Å². The van der Waals surface area contributed by atoms with Crippen molar-refractivity contribution < 1.29 is 13.2 Å². The van der Waals surface area contributed by atoms with Crippen LogP contribution < -0.4 is 5.32 Å². The van der Waals surface area contributed by atoms with E-state index in [4.69, 9.17) is 0 Å². The molecule has 25 heavy (non-hydrogen) atoms. The number of amides is 2. The third-order valence-corrected chi connectivity index (χ3v) is 7.28. The summed E-state index contributed by atoms with van der Waals surface area (Å²) in [6.45, 7) is 3.77. The zero-order chi connectivity index (χ0) is 17.4. The molecule has 9 heteroatoms. The van der Waals surface area contributed by atoms with Crippen LogP contribution in [0.1, 0.15) is 31.7 Å². The summed E-state index contributed by atoms with van der Waals surface area (Å²) in [5, 5.41) is 7.16. The standard InChI is InChI=1S/C16H25N5O3S/c22-16(20-7-2-6-19-5-1-3-14(19)11-20)18-13-9-17-21(10-13)15-4-8-25(23,24)12-15/h9-10,14-15H,1-8,11-12H2,(H,18,22). The van der Waals surface area contributed by atoms with Crippen LogP contribution in [0.5, 0.6) is 0 Å². The van der Waals surface area contributed by atoms with Crippen LogP contribution in [0.15, 0.2) is 12.4 Å². The Bertz CT molecular complexity index is 747. The van der Waals surface area contributed by atoms with Crippen molar-refractivity contribution >= 4 is 21.6 Å². The van der Waals surface area contributed by atoms with Gasteiger partial charge >= 0.3 is 6.03 Å². The van der Waals surface area contributed by atoms with Gasteiger partial charge in [0.15, 0.2) is 9.84 Å². The van der Waals surface area contributed by atoms with Crippen LogP contribution in [0.4, 0.5) is 10.5 Å². The fraction of sp³-hybridized carbons (Fsp3) is 0.750. The second kappa shape index (κ2) is 6.60. The summed E-state index contributed by atoms with van der Waals surface area (Å²) < 4.78 is 24.9. The molecule has 1 aromatic heterocycles. The van der Waals surface area contributed by atoms with Gasteiger partial charge < -0.3 is 10.2 Å². The maximum Gasteiger partial charge on any atom is 0.321 e. The van der Waals surface area contributed by atoms with Crippen molar-refractivity contribution in [3.8, 4) is 0 Å². The van der Waals surface area contributed by atoms with Crippen molar-refractivity contribution in [2.24, 2.45) is 0 Å². The maximum atomic E-state index is 12.6. The molecule has 138 valence electrons. The molecule has 8 nitrogen and oxygen atoms in total. The lowest BCUT2D eigenvalue weighted by Crippen LogP contribution is -2.41. The average molecular weight is 367 g/mol. The van der Waals surface area contributed by atoms with Crippen LogP contribution >= 0.6 is 0 Å². The fourth-order valence-electron chi connectivity index (χ4n) is 4.18. The minimum Gasteiger partial charge on any atom is -0.323 e. The first kappa shape index (κ1) is 16.8. The Balaban J connectivity index is 1.38. The summed E-state index contributed by atoms with van der Waals surface area (Å²) in [6, 6.07) is 0.271. The van der Waals surface area contributed by atoms with E-state index in [1.165, 1.54) is 6.42 Å². The monoisotopic (exact) mass is 367 g/mol. The Kier molecular flexibility index (Phi) is 4.45. The highest BCUT2D eigenvalue weighted by Crippen LogP contribution is 2.25. The smallest absolute Gasteiger partial charge is 0.321 e. The van der Waals surface area contributed by atoms with Crippen molar-refractivity contribution in [3.63, 3.8) is 0 Å². The van der Waals surface area contributed by atoms with Gasteiger partial charge in [-0.1, -0.05) is 0 Å². The normalized spacial score (nSPS) is 29.4. The van der Waals surface area contributed by atoms with E-state index < -0.39 is 9.84 Å². The van der Waals surface area contributed by atoms with Crippen LogP contribution in [-0.2, 0) is 9.84 Å². The minimum atomic E-state index is -2.95. The van der Waals surface area contributed by atoms with E-state index in [9.17, 15) is 13.2 Å². The van der Waals surface area contributed by atoms with Crippen LogP contribution in [0.3, 0.4) is 0 Å². The lowest BCUT2D eigenvalue weighted by Gasteiger charge is -2.25. The molecule has 4 heterocycles. The van der Waals surface area contributed by atoms with E-state index in [1.54, 1.807) is 17.1 Å². The van der Waals surface area contributed by atoms with Gasteiger partial charge in [-0.25, -0.2) is 13.2 Å². The fourth-order valence-corrected chi connectivity index (χ4v) is 5.88. The molecule has 2 amide bonds. The molecule has 2 atom stereocenters. The molecule has 0 saturated carbocycles. The van der Waals surface area contributed by atoms with Gasteiger partial charge in [-0.15, -0.1) is 0 Å². The van der Waals surface area contributed by atoms with E-state index in [-0.39, 0.29) is 23.6 Å². The topological polar surface area (TPSA) is 87.5 Å². The molecule has 0 aromatic carbocycles. The van der Waals surface area contributed by atoms with Crippen molar-refractivity contribution in [2.45, 2.75) is 37.8 Å². The van der Waals surface area contributed by atoms with Gasteiger partial charge in [0.1, 0.15) is 0 Å². The molecule has 2 unspecified atom stereocenters. The minimum absolute atomic E-state index is 0.0904.